The van der Waals surface area contributed by atoms with Gasteiger partial charge in [-0.2, -0.15) is 4.72 Å². The minimum atomic E-state index is -3.81. The molecule has 1 N–H and O–H groups in total. The Hall–Kier alpha value is -1.25. The molecular weight excluding hydrogens is 348 g/mol. The molecule has 0 spiro atoms. The van der Waals surface area contributed by atoms with Crippen LogP contribution >= 0.6 is 15.9 Å². The summed E-state index contributed by atoms with van der Waals surface area (Å²) >= 11 is 3.27. The molecule has 1 atom stereocenters. The summed E-state index contributed by atoms with van der Waals surface area (Å²) in [4.78, 5) is 24.1. The SMILES string of the molecule is CN1C(=O)CC(NS(=O)(=O)c2ccc(CBr)cc2)C1=O. The minimum absolute atomic E-state index is 0.0667. The Morgan fingerprint density at radius 3 is 2.35 bits per heavy atom. The summed E-state index contributed by atoms with van der Waals surface area (Å²) in [6, 6.07) is 5.26. The Balaban J connectivity index is 2.19. The first-order valence-electron chi connectivity index (χ1n) is 5.83. The van der Waals surface area contributed by atoms with Gasteiger partial charge in [0.15, 0.2) is 0 Å². The molecule has 2 rings (SSSR count). The van der Waals surface area contributed by atoms with Gasteiger partial charge in [-0.05, 0) is 17.7 Å². The first kappa shape index (κ1) is 15.1. The van der Waals surface area contributed by atoms with Crippen molar-refractivity contribution in [2.24, 2.45) is 0 Å². The van der Waals surface area contributed by atoms with E-state index in [2.05, 4.69) is 20.7 Å². The Labute approximate surface area is 125 Å². The molecular formula is C12H13BrN2O4S. The van der Waals surface area contributed by atoms with Gasteiger partial charge in [0.1, 0.15) is 6.04 Å². The number of nitrogens with one attached hydrogen (secondary N) is 1. The third-order valence-electron chi connectivity index (χ3n) is 3.07. The number of likely N-dealkylation sites (tertiary alicyclic amines) is 1. The summed E-state index contributed by atoms with van der Waals surface area (Å²) in [5.41, 5.74) is 0.941. The average Bonchev–Trinajstić information content (AvgIpc) is 2.66. The van der Waals surface area contributed by atoms with E-state index in [4.69, 9.17) is 0 Å². The summed E-state index contributed by atoms with van der Waals surface area (Å²) in [7, 11) is -2.48. The number of rotatable bonds is 4. The van der Waals surface area contributed by atoms with Gasteiger partial charge in [0.2, 0.25) is 21.8 Å². The van der Waals surface area contributed by atoms with Crippen LogP contribution < -0.4 is 4.72 Å². The molecule has 20 heavy (non-hydrogen) atoms. The maximum Gasteiger partial charge on any atom is 0.247 e. The van der Waals surface area contributed by atoms with Crippen molar-refractivity contribution in [3.8, 4) is 0 Å². The van der Waals surface area contributed by atoms with Crippen molar-refractivity contribution in [3.05, 3.63) is 29.8 Å². The average molecular weight is 361 g/mol. The lowest BCUT2D eigenvalue weighted by Crippen LogP contribution is -2.40. The molecule has 0 aromatic heterocycles. The Kier molecular flexibility index (Phi) is 4.26. The van der Waals surface area contributed by atoms with Gasteiger partial charge >= 0.3 is 0 Å². The van der Waals surface area contributed by atoms with Crippen molar-refractivity contribution in [1.29, 1.82) is 0 Å². The lowest BCUT2D eigenvalue weighted by Gasteiger charge is -2.12. The Bertz CT molecular complexity index is 642. The monoisotopic (exact) mass is 360 g/mol. The number of alkyl halides is 1. The van der Waals surface area contributed by atoms with Crippen LogP contribution in [0, 0.1) is 0 Å². The van der Waals surface area contributed by atoms with Crippen molar-refractivity contribution in [1.82, 2.24) is 9.62 Å². The number of benzene rings is 1. The molecule has 6 nitrogen and oxygen atoms in total. The van der Waals surface area contributed by atoms with Crippen molar-refractivity contribution in [2.45, 2.75) is 22.7 Å². The zero-order valence-corrected chi connectivity index (χ0v) is 13.1. The fourth-order valence-electron chi connectivity index (χ4n) is 1.86. The van der Waals surface area contributed by atoms with Gasteiger partial charge in [-0.3, -0.25) is 14.5 Å². The molecule has 8 heteroatoms. The summed E-state index contributed by atoms with van der Waals surface area (Å²) in [5.74, 6) is -0.923. The number of halogens is 1. The van der Waals surface area contributed by atoms with Crippen molar-refractivity contribution in [2.75, 3.05) is 7.05 Å². The molecule has 1 heterocycles. The van der Waals surface area contributed by atoms with Gasteiger partial charge in [0, 0.05) is 12.4 Å². The van der Waals surface area contributed by atoms with Gasteiger partial charge in [0.05, 0.1) is 11.3 Å². The highest BCUT2D eigenvalue weighted by Crippen LogP contribution is 2.16. The quantitative estimate of drug-likeness (QED) is 0.630. The van der Waals surface area contributed by atoms with Crippen LogP contribution in [0.4, 0.5) is 0 Å². The van der Waals surface area contributed by atoms with Crippen LogP contribution in [0.2, 0.25) is 0 Å². The van der Waals surface area contributed by atoms with Crippen LogP contribution in [0.5, 0.6) is 0 Å². The summed E-state index contributed by atoms with van der Waals surface area (Å²) in [6.45, 7) is 0. The smallest absolute Gasteiger partial charge is 0.247 e. The molecule has 1 aromatic rings. The van der Waals surface area contributed by atoms with E-state index in [1.807, 2.05) is 0 Å². The molecule has 1 aromatic carbocycles. The van der Waals surface area contributed by atoms with Gasteiger partial charge < -0.3 is 0 Å². The van der Waals surface area contributed by atoms with Crippen LogP contribution in [0.15, 0.2) is 29.2 Å². The van der Waals surface area contributed by atoms with E-state index < -0.39 is 27.9 Å². The normalized spacial score (nSPS) is 19.7. The second-order valence-corrected chi connectivity index (χ2v) is 6.72. The number of amides is 2. The van der Waals surface area contributed by atoms with E-state index in [1.54, 1.807) is 12.1 Å². The van der Waals surface area contributed by atoms with E-state index in [-0.39, 0.29) is 11.3 Å². The van der Waals surface area contributed by atoms with E-state index in [1.165, 1.54) is 19.2 Å². The highest BCUT2D eigenvalue weighted by atomic mass is 79.9. The molecule has 1 unspecified atom stereocenters. The van der Waals surface area contributed by atoms with E-state index >= 15 is 0 Å². The second kappa shape index (κ2) is 5.63. The number of sulfonamides is 1. The predicted molar refractivity (Wildman–Crippen MR) is 75.6 cm³/mol. The lowest BCUT2D eigenvalue weighted by atomic mass is 10.2. The summed E-state index contributed by atoms with van der Waals surface area (Å²) in [6.07, 6.45) is -0.145. The molecule has 1 aliphatic heterocycles. The molecule has 2 amide bonds. The van der Waals surface area contributed by atoms with Crippen molar-refractivity contribution < 1.29 is 18.0 Å². The zero-order valence-electron chi connectivity index (χ0n) is 10.7. The standard InChI is InChI=1S/C12H13BrN2O4S/c1-15-11(16)6-10(12(15)17)14-20(18,19)9-4-2-8(7-13)3-5-9/h2-5,10,14H,6-7H2,1H3. The van der Waals surface area contributed by atoms with E-state index in [0.717, 1.165) is 10.5 Å². The van der Waals surface area contributed by atoms with Crippen LogP contribution in [-0.4, -0.2) is 38.2 Å². The first-order valence-corrected chi connectivity index (χ1v) is 8.43. The largest absolute Gasteiger partial charge is 0.284 e. The van der Waals surface area contributed by atoms with Crippen molar-refractivity contribution in [3.63, 3.8) is 0 Å². The molecule has 0 saturated carbocycles. The Morgan fingerprint density at radius 2 is 1.90 bits per heavy atom. The van der Waals surface area contributed by atoms with Crippen LogP contribution in [0.1, 0.15) is 12.0 Å². The minimum Gasteiger partial charge on any atom is -0.284 e. The van der Waals surface area contributed by atoms with E-state index in [0.29, 0.717) is 5.33 Å². The number of carbonyl (C=O) groups is 2. The predicted octanol–water partition coefficient (Wildman–Crippen LogP) is 0.617. The third-order valence-corrected chi connectivity index (χ3v) is 5.20. The maximum absolute atomic E-state index is 12.1. The molecule has 1 aliphatic rings. The fraction of sp³-hybridized carbons (Fsp3) is 0.333. The summed E-state index contributed by atoms with van der Waals surface area (Å²) < 4.78 is 26.6. The van der Waals surface area contributed by atoms with Crippen LogP contribution in [0.25, 0.3) is 0 Å². The van der Waals surface area contributed by atoms with Gasteiger partial charge in [0.25, 0.3) is 0 Å². The number of hydrogen-bond donors (Lipinski definition) is 1. The van der Waals surface area contributed by atoms with Crippen LogP contribution in [-0.2, 0) is 24.9 Å². The van der Waals surface area contributed by atoms with Gasteiger partial charge in [-0.25, -0.2) is 8.42 Å². The second-order valence-electron chi connectivity index (χ2n) is 4.45. The van der Waals surface area contributed by atoms with Gasteiger partial charge in [-0.15, -0.1) is 0 Å². The van der Waals surface area contributed by atoms with E-state index in [9.17, 15) is 18.0 Å². The third kappa shape index (κ3) is 2.92. The highest BCUT2D eigenvalue weighted by molar-refractivity contribution is 9.08. The molecule has 108 valence electrons. The maximum atomic E-state index is 12.1. The van der Waals surface area contributed by atoms with Crippen molar-refractivity contribution >= 4 is 37.8 Å². The number of likely N-dealkylation sites (N-methyl/N-ethyl adjacent to an activating group) is 1. The molecule has 1 saturated heterocycles. The fourth-order valence-corrected chi connectivity index (χ4v) is 3.42. The first-order chi connectivity index (χ1) is 9.35. The molecule has 0 radical (unpaired) electrons. The van der Waals surface area contributed by atoms with Crippen LogP contribution in [0.3, 0.4) is 0 Å². The number of hydrogen-bond acceptors (Lipinski definition) is 4. The lowest BCUT2D eigenvalue weighted by molar-refractivity contribution is -0.137. The highest BCUT2D eigenvalue weighted by Gasteiger charge is 2.38. The van der Waals surface area contributed by atoms with Gasteiger partial charge in [-0.1, -0.05) is 28.1 Å². The molecule has 1 fully saturated rings. The molecule has 0 bridgehead atoms. The topological polar surface area (TPSA) is 83.6 Å². The Morgan fingerprint density at radius 1 is 1.30 bits per heavy atom. The number of imide groups is 1. The zero-order chi connectivity index (χ0) is 14.9. The number of nitrogens with zero attached hydrogens (tertiary/aromatic N) is 1. The summed E-state index contributed by atoms with van der Waals surface area (Å²) in [5, 5.41) is 0.626. The molecule has 0 aliphatic carbocycles. The number of carbonyl (C=O) groups excluding carboxylic acids is 2.